The Kier molecular flexibility index (Phi) is 9.22. The zero-order valence-electron chi connectivity index (χ0n) is 18.5. The average Bonchev–Trinajstić information content (AvgIpc) is 3.49. The van der Waals surface area contributed by atoms with E-state index in [1.165, 1.54) is 0 Å². The van der Waals surface area contributed by atoms with Gasteiger partial charge in [-0.1, -0.05) is 49.6 Å². The molecule has 3 aromatic heterocycles. The summed E-state index contributed by atoms with van der Waals surface area (Å²) in [6, 6.07) is 6.03. The molecule has 0 spiro atoms. The first kappa shape index (κ1) is 24.4. The largest absolute Gasteiger partial charge is 0.399 e. The van der Waals surface area contributed by atoms with Gasteiger partial charge in [-0.25, -0.2) is 4.98 Å². The number of nitrogens with one attached hydrogen (secondary N) is 1. The molecule has 3 heterocycles. The number of thiophene rings is 1. The van der Waals surface area contributed by atoms with Gasteiger partial charge >= 0.3 is 0 Å². The van der Waals surface area contributed by atoms with Crippen LogP contribution in [0.3, 0.4) is 0 Å². The lowest BCUT2D eigenvalue weighted by Crippen LogP contribution is -2.05. The van der Waals surface area contributed by atoms with Crippen molar-refractivity contribution in [2.45, 2.75) is 20.3 Å². The Morgan fingerprint density at radius 1 is 1.25 bits per heavy atom. The van der Waals surface area contributed by atoms with Crippen LogP contribution < -0.4 is 5.73 Å². The Hall–Kier alpha value is -3.88. The van der Waals surface area contributed by atoms with Crippen LogP contribution in [0.25, 0.3) is 21.6 Å². The van der Waals surface area contributed by atoms with E-state index in [4.69, 9.17) is 10.7 Å². The molecule has 0 aliphatic heterocycles. The van der Waals surface area contributed by atoms with E-state index < -0.39 is 0 Å². The van der Waals surface area contributed by atoms with Gasteiger partial charge in [0.25, 0.3) is 0 Å². The molecule has 0 radical (unpaired) electrons. The molecular formula is C27H28N4S. The van der Waals surface area contributed by atoms with Crippen molar-refractivity contribution in [1.82, 2.24) is 15.0 Å². The van der Waals surface area contributed by atoms with Crippen LogP contribution in [-0.2, 0) is 6.42 Å². The highest BCUT2D eigenvalue weighted by atomic mass is 32.1. The number of H-pyrrole nitrogens is 1. The Morgan fingerprint density at radius 2 is 2.03 bits per heavy atom. The minimum Gasteiger partial charge on any atom is -0.399 e. The highest BCUT2D eigenvalue weighted by molar-refractivity contribution is 7.13. The first-order chi connectivity index (χ1) is 15.6. The molecule has 0 aromatic carbocycles. The summed E-state index contributed by atoms with van der Waals surface area (Å²) in [4.78, 5) is 13.9. The molecule has 0 fully saturated rings. The number of nitrogens with two attached hydrogens (primary N) is 1. The number of fused-ring (bicyclic) bond motifs is 1. The monoisotopic (exact) mass is 440 g/mol. The third kappa shape index (κ3) is 5.84. The zero-order valence-corrected chi connectivity index (χ0v) is 19.3. The van der Waals surface area contributed by atoms with Crippen LogP contribution in [0.5, 0.6) is 0 Å². The average molecular weight is 441 g/mol. The normalized spacial score (nSPS) is 12.6. The summed E-state index contributed by atoms with van der Waals surface area (Å²) >= 11 is 1.65. The van der Waals surface area contributed by atoms with E-state index >= 15 is 0 Å². The topological polar surface area (TPSA) is 67.6 Å². The number of allylic oxidation sites excluding steroid dienone is 9. The summed E-state index contributed by atoms with van der Waals surface area (Å²) in [7, 11) is 0. The molecule has 3 aromatic rings. The number of rotatable bonds is 8. The quantitative estimate of drug-likeness (QED) is 0.310. The fraction of sp³-hybridized carbons (Fsp3) is 0.111. The van der Waals surface area contributed by atoms with E-state index in [2.05, 4.69) is 42.0 Å². The number of nitrogens with zero attached hydrogens (tertiary/aromatic N) is 2. The van der Waals surface area contributed by atoms with Crippen molar-refractivity contribution in [2.75, 3.05) is 0 Å². The summed E-state index contributed by atoms with van der Waals surface area (Å²) in [6.07, 6.45) is 21.9. The Labute approximate surface area is 194 Å². The molecule has 0 saturated carbocycles. The van der Waals surface area contributed by atoms with Gasteiger partial charge in [0.05, 0.1) is 10.4 Å². The van der Waals surface area contributed by atoms with Crippen LogP contribution in [0, 0.1) is 12.8 Å². The van der Waals surface area contributed by atoms with Gasteiger partial charge in [0.15, 0.2) is 0 Å². The molecule has 5 heteroatoms. The van der Waals surface area contributed by atoms with Crippen LogP contribution in [0.2, 0.25) is 0 Å². The molecular weight excluding hydrogens is 412 g/mol. The molecule has 0 atom stereocenters. The molecule has 0 amide bonds. The number of terminal acetylenes is 1. The molecule has 0 aliphatic carbocycles. The lowest BCUT2D eigenvalue weighted by molar-refractivity contribution is 1.01. The molecule has 3 N–H and O–H groups in total. The van der Waals surface area contributed by atoms with Gasteiger partial charge in [-0.05, 0) is 54.2 Å². The van der Waals surface area contributed by atoms with Crippen LogP contribution in [-0.4, -0.2) is 15.0 Å². The Balaban J connectivity index is 0.00000176. The number of pyridine rings is 1. The molecule has 3 rings (SSSR count). The molecule has 0 saturated heterocycles. The van der Waals surface area contributed by atoms with Crippen LogP contribution in [0.1, 0.15) is 19.7 Å². The van der Waals surface area contributed by atoms with E-state index in [9.17, 15) is 0 Å². The molecule has 0 aliphatic rings. The highest BCUT2D eigenvalue weighted by Gasteiger charge is 2.13. The van der Waals surface area contributed by atoms with E-state index in [0.717, 1.165) is 44.1 Å². The highest BCUT2D eigenvalue weighted by Crippen LogP contribution is 2.29. The van der Waals surface area contributed by atoms with Crippen molar-refractivity contribution in [1.29, 1.82) is 0 Å². The summed E-state index contributed by atoms with van der Waals surface area (Å²) in [6.45, 7) is 11.9. The Bertz CT molecular complexity index is 1220. The summed E-state index contributed by atoms with van der Waals surface area (Å²) in [5.74, 6) is 0.836. The predicted octanol–water partition coefficient (Wildman–Crippen LogP) is 6.51. The molecule has 162 valence electrons. The molecule has 4 nitrogen and oxygen atoms in total. The first-order valence-corrected chi connectivity index (χ1v) is 10.9. The molecule has 32 heavy (non-hydrogen) atoms. The summed E-state index contributed by atoms with van der Waals surface area (Å²) < 4.78 is 0. The van der Waals surface area contributed by atoms with E-state index in [1.807, 2.05) is 67.9 Å². The number of aromatic nitrogens is 3. The smallest absolute Gasteiger partial charge is 0.116 e. The zero-order chi connectivity index (χ0) is 23.5. The third-order valence-corrected chi connectivity index (χ3v) is 5.56. The minimum atomic E-state index is 0.565. The van der Waals surface area contributed by atoms with Crippen LogP contribution in [0.4, 0.5) is 0 Å². The number of imidazole rings is 1. The first-order valence-electron chi connectivity index (χ1n) is 10.1. The maximum absolute atomic E-state index is 6.30. The molecule has 0 bridgehead atoms. The van der Waals surface area contributed by atoms with E-state index in [1.54, 1.807) is 17.4 Å². The lowest BCUT2D eigenvalue weighted by atomic mass is 10.00. The van der Waals surface area contributed by atoms with Gasteiger partial charge < -0.3 is 10.7 Å². The maximum Gasteiger partial charge on any atom is 0.116 e. The second-order valence-electron chi connectivity index (χ2n) is 6.67. The second-order valence-corrected chi connectivity index (χ2v) is 7.62. The summed E-state index contributed by atoms with van der Waals surface area (Å²) in [5, 5.41) is 2.04. The molecule has 0 unspecified atom stereocenters. The lowest BCUT2D eigenvalue weighted by Gasteiger charge is -2.09. The van der Waals surface area contributed by atoms with Gasteiger partial charge in [-0.15, -0.1) is 24.2 Å². The van der Waals surface area contributed by atoms with Gasteiger partial charge in [-0.3, -0.25) is 4.98 Å². The van der Waals surface area contributed by atoms with Crippen molar-refractivity contribution in [3.8, 4) is 23.4 Å². The van der Waals surface area contributed by atoms with E-state index in [-0.39, 0.29) is 0 Å². The summed E-state index contributed by atoms with van der Waals surface area (Å²) in [5.41, 5.74) is 12.6. The van der Waals surface area contributed by atoms with Crippen LogP contribution in [0.15, 0.2) is 102 Å². The minimum absolute atomic E-state index is 0.565. The van der Waals surface area contributed by atoms with Crippen molar-refractivity contribution >= 4 is 22.4 Å². The van der Waals surface area contributed by atoms with Crippen molar-refractivity contribution in [3.63, 3.8) is 0 Å². The van der Waals surface area contributed by atoms with Crippen molar-refractivity contribution < 1.29 is 0 Å². The fourth-order valence-electron chi connectivity index (χ4n) is 3.12. The Morgan fingerprint density at radius 3 is 2.66 bits per heavy atom. The standard InChI is InChI=1S/C25H26N4S.C2H2/c1-5-8-10-18(6-2)17(4)15-19(20(26)7-3)16-23-28-21-12-13-27-25(24(21)29-23)22-11-9-14-30-22;1-2/h5-15H,1,4,16,26H2,2-3H3,(H,28,29);1-2H/b10-8-,18-6+,19-15-,20-7+;. The SMILES string of the molecule is C#C.C=C/C=C\C(=C/C)C(=C)/C=C(Cc1nc2c(-c3cccs3)nccc2[nH]1)\C(N)=C/C. The van der Waals surface area contributed by atoms with Crippen molar-refractivity contribution in [3.05, 3.63) is 108 Å². The fourth-order valence-corrected chi connectivity index (χ4v) is 3.84. The predicted molar refractivity (Wildman–Crippen MR) is 139 cm³/mol. The van der Waals surface area contributed by atoms with Gasteiger partial charge in [-0.2, -0.15) is 0 Å². The van der Waals surface area contributed by atoms with Gasteiger partial charge in [0.2, 0.25) is 0 Å². The number of hydrogen-bond donors (Lipinski definition) is 2. The van der Waals surface area contributed by atoms with Gasteiger partial charge in [0, 0.05) is 18.3 Å². The maximum atomic E-state index is 6.30. The van der Waals surface area contributed by atoms with Crippen molar-refractivity contribution in [2.24, 2.45) is 5.73 Å². The van der Waals surface area contributed by atoms with Gasteiger partial charge in [0.1, 0.15) is 17.0 Å². The van der Waals surface area contributed by atoms with Crippen LogP contribution >= 0.6 is 11.3 Å². The number of aromatic amines is 1. The second kappa shape index (κ2) is 12.1. The number of hydrogen-bond acceptors (Lipinski definition) is 4. The van der Waals surface area contributed by atoms with E-state index in [0.29, 0.717) is 12.1 Å². The third-order valence-electron chi connectivity index (χ3n) is 4.69.